The van der Waals surface area contributed by atoms with Crippen molar-refractivity contribution in [3.05, 3.63) is 64.7 Å². The molecule has 0 unspecified atom stereocenters. The summed E-state index contributed by atoms with van der Waals surface area (Å²) in [4.78, 5) is 22.4. The average molecular weight is 334 g/mol. The van der Waals surface area contributed by atoms with Gasteiger partial charge in [0.25, 0.3) is 0 Å². The molecule has 0 amide bonds. The second-order valence-corrected chi connectivity index (χ2v) is 5.48. The number of aliphatic carboxylic acids is 1. The molecule has 0 aliphatic heterocycles. The Balaban J connectivity index is 0.00000288. The zero-order valence-electron chi connectivity index (χ0n) is 14.3. The van der Waals surface area contributed by atoms with Crippen LogP contribution < -0.4 is 39.4 Å². The summed E-state index contributed by atoms with van der Waals surface area (Å²) >= 11 is 0. The molecule has 120 valence electrons. The number of carboxylic acids is 1. The SMILES string of the molecule is Cc1cccc(C)c1COc1cccc(C(=O)CCC(=O)[O-])c1.[Na+]. The minimum Gasteiger partial charge on any atom is -0.550 e. The quantitative estimate of drug-likeness (QED) is 0.510. The maximum absolute atomic E-state index is 11.9. The normalized spacial score (nSPS) is 9.92. The van der Waals surface area contributed by atoms with Gasteiger partial charge in [0.15, 0.2) is 5.78 Å². The van der Waals surface area contributed by atoms with E-state index in [9.17, 15) is 14.7 Å². The van der Waals surface area contributed by atoms with Crippen LogP contribution in [0.1, 0.15) is 39.9 Å². The molecular weight excluding hydrogens is 315 g/mol. The Morgan fingerprint density at radius 2 is 1.62 bits per heavy atom. The molecule has 0 atom stereocenters. The Labute approximate surface area is 164 Å². The molecule has 24 heavy (non-hydrogen) atoms. The Kier molecular flexibility index (Phi) is 8.19. The number of benzene rings is 2. The summed E-state index contributed by atoms with van der Waals surface area (Å²) in [5.41, 5.74) is 3.89. The predicted octanol–water partition coefficient (Wildman–Crippen LogP) is -0.401. The smallest absolute Gasteiger partial charge is 0.550 e. The predicted molar refractivity (Wildman–Crippen MR) is 85.3 cm³/mol. The largest absolute Gasteiger partial charge is 1.00 e. The van der Waals surface area contributed by atoms with Gasteiger partial charge in [-0.1, -0.05) is 30.3 Å². The van der Waals surface area contributed by atoms with Gasteiger partial charge in [-0.15, -0.1) is 0 Å². The van der Waals surface area contributed by atoms with Crippen LogP contribution in [0, 0.1) is 13.8 Å². The summed E-state index contributed by atoms with van der Waals surface area (Å²) in [7, 11) is 0. The van der Waals surface area contributed by atoms with E-state index in [2.05, 4.69) is 0 Å². The first kappa shape index (κ1) is 20.4. The Morgan fingerprint density at radius 1 is 1.00 bits per heavy atom. The molecular formula is C19H19NaO4. The van der Waals surface area contributed by atoms with E-state index in [1.165, 1.54) is 0 Å². The van der Waals surface area contributed by atoms with Crippen LogP contribution in [0.2, 0.25) is 0 Å². The minimum atomic E-state index is -1.22. The van der Waals surface area contributed by atoms with Crippen LogP contribution in [0.4, 0.5) is 0 Å². The van der Waals surface area contributed by atoms with E-state index in [1.807, 2.05) is 32.0 Å². The second-order valence-electron chi connectivity index (χ2n) is 5.48. The van der Waals surface area contributed by atoms with Crippen LogP contribution >= 0.6 is 0 Å². The number of carbonyl (C=O) groups is 2. The Morgan fingerprint density at radius 3 is 2.25 bits per heavy atom. The van der Waals surface area contributed by atoms with E-state index in [0.29, 0.717) is 17.9 Å². The number of rotatable bonds is 7. The minimum absolute atomic E-state index is 0. The summed E-state index contributed by atoms with van der Waals surface area (Å²) in [6.45, 7) is 4.49. The molecule has 0 N–H and O–H groups in total. The molecule has 5 heteroatoms. The van der Waals surface area contributed by atoms with Crippen LogP contribution in [-0.4, -0.2) is 11.8 Å². The molecule has 0 aromatic heterocycles. The van der Waals surface area contributed by atoms with Crippen molar-refractivity contribution in [1.82, 2.24) is 0 Å². The number of ketones is 1. The standard InChI is InChI=1S/C19H20O4.Na/c1-13-5-3-6-14(2)17(13)12-23-16-8-4-7-15(11-16)18(20)9-10-19(21)22;/h3-8,11H,9-10,12H2,1-2H3,(H,21,22);/q;+1/p-1. The molecule has 2 aromatic rings. The summed E-state index contributed by atoms with van der Waals surface area (Å²) < 4.78 is 5.79. The summed E-state index contributed by atoms with van der Waals surface area (Å²) in [5.74, 6) is -0.862. The van der Waals surface area contributed by atoms with Gasteiger partial charge < -0.3 is 14.6 Å². The number of carboxylic acid groups (broad SMARTS) is 1. The maximum atomic E-state index is 11.9. The van der Waals surface area contributed by atoms with Crippen LogP contribution in [0.15, 0.2) is 42.5 Å². The monoisotopic (exact) mass is 334 g/mol. The zero-order valence-corrected chi connectivity index (χ0v) is 16.3. The first-order valence-corrected chi connectivity index (χ1v) is 7.48. The van der Waals surface area contributed by atoms with Crippen molar-refractivity contribution in [3.8, 4) is 5.75 Å². The number of hydrogen-bond acceptors (Lipinski definition) is 4. The third-order valence-electron chi connectivity index (χ3n) is 3.74. The third kappa shape index (κ3) is 5.78. The van der Waals surface area contributed by atoms with Crippen LogP contribution in [0.3, 0.4) is 0 Å². The van der Waals surface area contributed by atoms with Crippen LogP contribution in [-0.2, 0) is 11.4 Å². The van der Waals surface area contributed by atoms with Gasteiger partial charge >= 0.3 is 29.6 Å². The van der Waals surface area contributed by atoms with Crippen molar-refractivity contribution >= 4 is 11.8 Å². The van der Waals surface area contributed by atoms with Crippen molar-refractivity contribution in [2.24, 2.45) is 0 Å². The molecule has 0 fully saturated rings. The maximum Gasteiger partial charge on any atom is 1.00 e. The van der Waals surface area contributed by atoms with E-state index in [-0.39, 0.29) is 48.2 Å². The van der Waals surface area contributed by atoms with Gasteiger partial charge in [0.05, 0.1) is 0 Å². The van der Waals surface area contributed by atoms with Gasteiger partial charge in [0.2, 0.25) is 0 Å². The molecule has 0 saturated heterocycles. The van der Waals surface area contributed by atoms with Gasteiger partial charge in [-0.25, -0.2) is 0 Å². The molecule has 0 bridgehead atoms. The van der Waals surface area contributed by atoms with Crippen molar-refractivity contribution in [2.75, 3.05) is 0 Å². The molecule has 0 radical (unpaired) electrons. The van der Waals surface area contributed by atoms with Gasteiger partial charge in [-0.2, -0.15) is 0 Å². The van der Waals surface area contributed by atoms with E-state index in [4.69, 9.17) is 4.74 Å². The van der Waals surface area contributed by atoms with Gasteiger partial charge in [-0.05, 0) is 49.1 Å². The van der Waals surface area contributed by atoms with Gasteiger partial charge in [0, 0.05) is 18.0 Å². The fourth-order valence-electron chi connectivity index (χ4n) is 2.35. The molecule has 0 aliphatic carbocycles. The van der Waals surface area contributed by atoms with Crippen molar-refractivity contribution < 1.29 is 49.0 Å². The molecule has 0 heterocycles. The van der Waals surface area contributed by atoms with Crippen molar-refractivity contribution in [2.45, 2.75) is 33.3 Å². The van der Waals surface area contributed by atoms with Crippen molar-refractivity contribution in [1.29, 1.82) is 0 Å². The fraction of sp³-hybridized carbons (Fsp3) is 0.263. The van der Waals surface area contributed by atoms with E-state index >= 15 is 0 Å². The summed E-state index contributed by atoms with van der Waals surface area (Å²) in [6, 6.07) is 12.9. The molecule has 2 aromatic carbocycles. The van der Waals surface area contributed by atoms with E-state index < -0.39 is 5.97 Å². The van der Waals surface area contributed by atoms with Crippen LogP contribution in [0.5, 0.6) is 5.75 Å². The molecule has 0 spiro atoms. The molecule has 0 saturated carbocycles. The average Bonchev–Trinajstić information content (AvgIpc) is 2.52. The van der Waals surface area contributed by atoms with Gasteiger partial charge in [0.1, 0.15) is 12.4 Å². The number of Topliss-reactive ketones (excluding diaryl/α,β-unsaturated/α-hetero) is 1. The topological polar surface area (TPSA) is 66.4 Å². The number of carbonyl (C=O) groups excluding carboxylic acids is 2. The van der Waals surface area contributed by atoms with Crippen LogP contribution in [0.25, 0.3) is 0 Å². The summed E-state index contributed by atoms with van der Waals surface area (Å²) in [6.07, 6.45) is -0.338. The fourth-order valence-corrected chi connectivity index (χ4v) is 2.35. The first-order valence-electron chi connectivity index (χ1n) is 7.48. The molecule has 4 nitrogen and oxygen atoms in total. The van der Waals surface area contributed by atoms with E-state index in [1.54, 1.807) is 24.3 Å². The van der Waals surface area contributed by atoms with Crippen molar-refractivity contribution in [3.63, 3.8) is 0 Å². The molecule has 2 rings (SSSR count). The van der Waals surface area contributed by atoms with E-state index in [0.717, 1.165) is 16.7 Å². The third-order valence-corrected chi connectivity index (χ3v) is 3.74. The Bertz CT molecular complexity index is 705. The number of ether oxygens (including phenoxy) is 1. The second kappa shape index (κ2) is 9.62. The number of aryl methyl sites for hydroxylation is 2. The molecule has 0 aliphatic rings. The number of hydrogen-bond donors (Lipinski definition) is 0. The van der Waals surface area contributed by atoms with Gasteiger partial charge in [-0.3, -0.25) is 4.79 Å². The summed E-state index contributed by atoms with van der Waals surface area (Å²) in [5, 5.41) is 10.4. The first-order chi connectivity index (χ1) is 11.0. The Hall–Kier alpha value is -1.62. The zero-order chi connectivity index (χ0) is 16.8.